The zero-order valence-corrected chi connectivity index (χ0v) is 18.1. The molecule has 0 aliphatic rings. The SMILES string of the molecule is CP(C)C/C=N/[C@H](c1ccccc1)[C@H](/N=C/CP(C)C)c1ccccc1. The molecule has 0 saturated heterocycles. The lowest BCUT2D eigenvalue weighted by molar-refractivity contribution is 0.583. The van der Waals surface area contributed by atoms with E-state index in [1.54, 1.807) is 0 Å². The van der Waals surface area contributed by atoms with Gasteiger partial charge in [0, 0.05) is 24.8 Å². The van der Waals surface area contributed by atoms with Crippen LogP contribution in [0.3, 0.4) is 0 Å². The molecule has 0 spiro atoms. The number of nitrogens with zero attached hydrogens (tertiary/aromatic N) is 2. The predicted molar refractivity (Wildman–Crippen MR) is 123 cm³/mol. The minimum absolute atomic E-state index is 0.0183. The molecule has 0 fully saturated rings. The van der Waals surface area contributed by atoms with Gasteiger partial charge in [0.2, 0.25) is 0 Å². The van der Waals surface area contributed by atoms with Crippen molar-refractivity contribution in [1.82, 2.24) is 0 Å². The number of aliphatic imine (C=N–C) groups is 2. The first-order valence-corrected chi connectivity index (χ1v) is 13.8. The van der Waals surface area contributed by atoms with E-state index in [4.69, 9.17) is 9.98 Å². The van der Waals surface area contributed by atoms with Crippen molar-refractivity contribution >= 4 is 28.3 Å². The molecular formula is C22H30N2P2. The summed E-state index contributed by atoms with van der Waals surface area (Å²) in [4.78, 5) is 9.98. The fourth-order valence-electron chi connectivity index (χ4n) is 2.65. The van der Waals surface area contributed by atoms with Crippen molar-refractivity contribution in [2.24, 2.45) is 9.98 Å². The molecule has 4 heteroatoms. The fraction of sp³-hybridized carbons (Fsp3) is 0.364. The van der Waals surface area contributed by atoms with Crippen LogP contribution in [0.2, 0.25) is 0 Å². The molecule has 0 aromatic heterocycles. The highest BCUT2D eigenvalue weighted by Gasteiger charge is 2.23. The van der Waals surface area contributed by atoms with Crippen molar-refractivity contribution in [2.75, 3.05) is 39.0 Å². The van der Waals surface area contributed by atoms with Crippen LogP contribution in [0.5, 0.6) is 0 Å². The summed E-state index contributed by atoms with van der Waals surface area (Å²) in [6.45, 7) is 9.15. The lowest BCUT2D eigenvalue weighted by Gasteiger charge is -2.22. The first kappa shape index (κ1) is 20.9. The molecule has 0 radical (unpaired) electrons. The molecule has 0 aliphatic heterocycles. The molecule has 0 N–H and O–H groups in total. The summed E-state index contributed by atoms with van der Waals surface area (Å²) < 4.78 is 0. The molecule has 0 bridgehead atoms. The highest BCUT2D eigenvalue weighted by Crippen LogP contribution is 2.36. The summed E-state index contributed by atoms with van der Waals surface area (Å²) in [7, 11) is 0.0434. The summed E-state index contributed by atoms with van der Waals surface area (Å²) in [5.41, 5.74) is 2.45. The Morgan fingerprint density at radius 1 is 0.654 bits per heavy atom. The van der Waals surface area contributed by atoms with Crippen LogP contribution in [0.4, 0.5) is 0 Å². The topological polar surface area (TPSA) is 24.7 Å². The molecular weight excluding hydrogens is 354 g/mol. The lowest BCUT2D eigenvalue weighted by Crippen LogP contribution is -2.09. The maximum atomic E-state index is 4.99. The Morgan fingerprint density at radius 2 is 1.00 bits per heavy atom. The number of hydrogen-bond donors (Lipinski definition) is 0. The summed E-state index contributed by atoms with van der Waals surface area (Å²) in [5, 5.41) is 0. The van der Waals surface area contributed by atoms with Crippen molar-refractivity contribution in [1.29, 1.82) is 0 Å². The standard InChI is InChI=1S/C22H30N2P2/c1-25(2)17-15-23-21(19-11-7-5-8-12-19)22(24-16-18-26(3)4)20-13-9-6-10-14-20/h5-16,21-22H,17-18H2,1-4H3/b23-15+,24-16+/t21-,22-/m1/s1. The molecule has 2 rings (SSSR count). The largest absolute Gasteiger partial charge is 0.286 e. The van der Waals surface area contributed by atoms with Crippen LogP contribution in [-0.2, 0) is 0 Å². The van der Waals surface area contributed by atoms with Gasteiger partial charge in [-0.3, -0.25) is 9.98 Å². The molecule has 2 atom stereocenters. The van der Waals surface area contributed by atoms with E-state index < -0.39 is 0 Å². The van der Waals surface area contributed by atoms with E-state index in [1.807, 2.05) is 0 Å². The Morgan fingerprint density at radius 3 is 1.31 bits per heavy atom. The van der Waals surface area contributed by atoms with Crippen molar-refractivity contribution in [3.05, 3.63) is 71.8 Å². The third-order valence-corrected chi connectivity index (χ3v) is 5.79. The highest BCUT2D eigenvalue weighted by atomic mass is 31.1. The zero-order valence-electron chi connectivity index (χ0n) is 16.3. The van der Waals surface area contributed by atoms with E-state index in [0.29, 0.717) is 0 Å². The van der Waals surface area contributed by atoms with E-state index in [1.165, 1.54) is 11.1 Å². The zero-order chi connectivity index (χ0) is 18.8. The van der Waals surface area contributed by atoms with Gasteiger partial charge in [0.05, 0.1) is 0 Å². The van der Waals surface area contributed by atoms with Gasteiger partial charge in [-0.15, -0.1) is 15.8 Å². The Bertz CT molecular complexity index is 620. The van der Waals surface area contributed by atoms with Gasteiger partial charge in [-0.2, -0.15) is 0 Å². The molecule has 0 unspecified atom stereocenters. The maximum absolute atomic E-state index is 4.99. The van der Waals surface area contributed by atoms with Crippen LogP contribution >= 0.6 is 15.8 Å². The Balaban J connectivity index is 2.39. The molecule has 0 saturated carbocycles. The van der Waals surface area contributed by atoms with Crippen molar-refractivity contribution < 1.29 is 0 Å². The fourth-order valence-corrected chi connectivity index (χ4v) is 3.49. The first-order chi connectivity index (χ1) is 12.6. The monoisotopic (exact) mass is 384 g/mol. The van der Waals surface area contributed by atoms with Gasteiger partial charge in [0.15, 0.2) is 0 Å². The van der Waals surface area contributed by atoms with Gasteiger partial charge in [0.1, 0.15) is 12.1 Å². The van der Waals surface area contributed by atoms with Crippen molar-refractivity contribution in [3.8, 4) is 0 Å². The Labute approximate surface area is 161 Å². The van der Waals surface area contributed by atoms with E-state index in [-0.39, 0.29) is 27.9 Å². The third-order valence-electron chi connectivity index (χ3n) is 4.01. The molecule has 0 amide bonds. The van der Waals surface area contributed by atoms with Crippen molar-refractivity contribution in [2.45, 2.75) is 12.1 Å². The van der Waals surface area contributed by atoms with E-state index in [2.05, 4.69) is 99.8 Å². The summed E-state index contributed by atoms with van der Waals surface area (Å²) in [5.74, 6) is 0. The van der Waals surface area contributed by atoms with Crippen LogP contribution in [0.15, 0.2) is 70.6 Å². The lowest BCUT2D eigenvalue weighted by atomic mass is 9.94. The summed E-state index contributed by atoms with van der Waals surface area (Å²) >= 11 is 0. The highest BCUT2D eigenvalue weighted by molar-refractivity contribution is 7.57. The van der Waals surface area contributed by atoms with Crippen LogP contribution in [0.1, 0.15) is 23.2 Å². The number of rotatable bonds is 9. The Hall–Kier alpha value is -1.36. The van der Waals surface area contributed by atoms with Crippen LogP contribution in [0.25, 0.3) is 0 Å². The quantitative estimate of drug-likeness (QED) is 0.369. The smallest absolute Gasteiger partial charge is 0.101 e. The van der Waals surface area contributed by atoms with Crippen LogP contribution in [0, 0.1) is 0 Å². The van der Waals surface area contributed by atoms with E-state index >= 15 is 0 Å². The summed E-state index contributed by atoms with van der Waals surface area (Å²) in [6, 6.07) is 21.2. The van der Waals surface area contributed by atoms with Crippen LogP contribution < -0.4 is 0 Å². The van der Waals surface area contributed by atoms with Crippen molar-refractivity contribution in [3.63, 3.8) is 0 Å². The van der Waals surface area contributed by atoms with Gasteiger partial charge >= 0.3 is 0 Å². The van der Waals surface area contributed by atoms with E-state index in [0.717, 1.165) is 12.3 Å². The van der Waals surface area contributed by atoms with Crippen LogP contribution in [-0.4, -0.2) is 51.4 Å². The Kier molecular flexibility index (Phi) is 9.16. The average Bonchev–Trinajstić information content (AvgIpc) is 2.64. The minimum atomic E-state index is 0.0183. The summed E-state index contributed by atoms with van der Waals surface area (Å²) in [6.07, 6.45) is 6.33. The molecule has 2 nitrogen and oxygen atoms in total. The number of benzene rings is 2. The van der Waals surface area contributed by atoms with Gasteiger partial charge in [-0.05, 0) is 37.8 Å². The average molecular weight is 384 g/mol. The molecule has 26 heavy (non-hydrogen) atoms. The normalized spacial score (nSPS) is 14.5. The first-order valence-electron chi connectivity index (χ1n) is 9.00. The number of hydrogen-bond acceptors (Lipinski definition) is 2. The van der Waals surface area contributed by atoms with E-state index in [9.17, 15) is 0 Å². The second kappa shape index (κ2) is 11.4. The second-order valence-corrected chi connectivity index (χ2v) is 11.9. The van der Waals surface area contributed by atoms with Gasteiger partial charge in [0.25, 0.3) is 0 Å². The minimum Gasteiger partial charge on any atom is -0.286 e. The molecule has 138 valence electrons. The molecule has 2 aromatic rings. The molecule has 0 aliphatic carbocycles. The second-order valence-electron chi connectivity index (χ2n) is 6.90. The van der Waals surface area contributed by atoms with Gasteiger partial charge in [-0.1, -0.05) is 60.7 Å². The molecule has 0 heterocycles. The third kappa shape index (κ3) is 7.10. The van der Waals surface area contributed by atoms with Gasteiger partial charge < -0.3 is 0 Å². The maximum Gasteiger partial charge on any atom is 0.101 e. The van der Waals surface area contributed by atoms with Gasteiger partial charge in [-0.25, -0.2) is 0 Å². The predicted octanol–water partition coefficient (Wildman–Crippen LogP) is 6.09. The molecule has 2 aromatic carbocycles.